The van der Waals surface area contributed by atoms with E-state index in [1.54, 1.807) is 43.5 Å². The Kier molecular flexibility index (Phi) is 5.34. The lowest BCUT2D eigenvalue weighted by Crippen LogP contribution is -2.15. The first-order valence-corrected chi connectivity index (χ1v) is 7.20. The Morgan fingerprint density at radius 3 is 2.43 bits per heavy atom. The van der Waals surface area contributed by atoms with Crippen LogP contribution in [0.5, 0.6) is 5.75 Å². The van der Waals surface area contributed by atoms with Gasteiger partial charge >= 0.3 is 0 Å². The highest BCUT2D eigenvalue weighted by Gasteiger charge is 2.11. The fourth-order valence-corrected chi connectivity index (χ4v) is 2.49. The smallest absolute Gasteiger partial charge is 0.228 e. The van der Waals surface area contributed by atoms with E-state index in [1.165, 1.54) is 0 Å². The quantitative estimate of drug-likeness (QED) is 0.862. The summed E-state index contributed by atoms with van der Waals surface area (Å²) in [4.78, 5) is 12.1. The first-order valence-electron chi connectivity index (χ1n) is 6.07. The number of methoxy groups -OCH3 is 1. The molecule has 0 fully saturated rings. The van der Waals surface area contributed by atoms with Crippen molar-refractivity contribution in [3.8, 4) is 5.75 Å². The molecular formula is C15H12Cl3NO2. The van der Waals surface area contributed by atoms with Crippen molar-refractivity contribution in [3.63, 3.8) is 0 Å². The number of nitrogens with one attached hydrogen (secondary N) is 1. The Hall–Kier alpha value is -1.42. The SMILES string of the molecule is COc1ccc(Cl)cc1CC(=O)Nc1ccc(Cl)cc1Cl. The van der Waals surface area contributed by atoms with Gasteiger partial charge in [0.25, 0.3) is 0 Å². The summed E-state index contributed by atoms with van der Waals surface area (Å²) in [5.41, 5.74) is 1.21. The molecule has 0 aliphatic rings. The molecule has 0 atom stereocenters. The molecule has 0 radical (unpaired) electrons. The second kappa shape index (κ2) is 7.03. The molecule has 0 unspecified atom stereocenters. The van der Waals surface area contributed by atoms with Crippen molar-refractivity contribution in [1.82, 2.24) is 0 Å². The van der Waals surface area contributed by atoms with Gasteiger partial charge in [-0.05, 0) is 36.4 Å². The fourth-order valence-electron chi connectivity index (χ4n) is 1.84. The molecule has 2 aromatic carbocycles. The zero-order chi connectivity index (χ0) is 15.4. The van der Waals surface area contributed by atoms with E-state index in [4.69, 9.17) is 39.5 Å². The van der Waals surface area contributed by atoms with Crippen molar-refractivity contribution in [1.29, 1.82) is 0 Å². The van der Waals surface area contributed by atoms with Gasteiger partial charge in [0.1, 0.15) is 5.75 Å². The number of carbonyl (C=O) groups is 1. The largest absolute Gasteiger partial charge is 0.496 e. The summed E-state index contributed by atoms with van der Waals surface area (Å²) in [6.45, 7) is 0. The maximum Gasteiger partial charge on any atom is 0.228 e. The van der Waals surface area contributed by atoms with E-state index < -0.39 is 0 Å². The van der Waals surface area contributed by atoms with Gasteiger partial charge in [-0.25, -0.2) is 0 Å². The topological polar surface area (TPSA) is 38.3 Å². The predicted octanol–water partition coefficient (Wildman–Crippen LogP) is 4.84. The zero-order valence-electron chi connectivity index (χ0n) is 11.1. The van der Waals surface area contributed by atoms with Gasteiger partial charge in [-0.1, -0.05) is 34.8 Å². The molecule has 0 bridgehead atoms. The molecule has 110 valence electrons. The average molecular weight is 345 g/mol. The van der Waals surface area contributed by atoms with Crippen LogP contribution in [0.3, 0.4) is 0 Å². The molecule has 0 saturated carbocycles. The first kappa shape index (κ1) is 16.0. The van der Waals surface area contributed by atoms with Crippen molar-refractivity contribution in [2.75, 3.05) is 12.4 Å². The highest BCUT2D eigenvalue weighted by atomic mass is 35.5. The van der Waals surface area contributed by atoms with Crippen LogP contribution < -0.4 is 10.1 Å². The van der Waals surface area contributed by atoms with Crippen LogP contribution in [0.15, 0.2) is 36.4 Å². The molecular weight excluding hydrogens is 333 g/mol. The number of hydrogen-bond donors (Lipinski definition) is 1. The van der Waals surface area contributed by atoms with E-state index in [2.05, 4.69) is 5.32 Å². The van der Waals surface area contributed by atoms with E-state index in [9.17, 15) is 4.79 Å². The van der Waals surface area contributed by atoms with E-state index in [-0.39, 0.29) is 12.3 Å². The second-order valence-electron chi connectivity index (χ2n) is 4.31. The summed E-state index contributed by atoms with van der Waals surface area (Å²) in [7, 11) is 1.54. The third kappa shape index (κ3) is 4.27. The third-order valence-electron chi connectivity index (χ3n) is 2.80. The monoisotopic (exact) mass is 343 g/mol. The summed E-state index contributed by atoms with van der Waals surface area (Å²) in [5.74, 6) is 0.386. The van der Waals surface area contributed by atoms with Gasteiger partial charge < -0.3 is 10.1 Å². The van der Waals surface area contributed by atoms with Crippen LogP contribution in [-0.4, -0.2) is 13.0 Å². The Morgan fingerprint density at radius 1 is 1.10 bits per heavy atom. The van der Waals surface area contributed by atoms with Crippen molar-refractivity contribution in [3.05, 3.63) is 57.0 Å². The van der Waals surface area contributed by atoms with Crippen molar-refractivity contribution in [2.45, 2.75) is 6.42 Å². The Balaban J connectivity index is 2.13. The summed E-state index contributed by atoms with van der Waals surface area (Å²) in [6.07, 6.45) is 0.128. The second-order valence-corrected chi connectivity index (χ2v) is 5.59. The first-order chi connectivity index (χ1) is 9.99. The average Bonchev–Trinajstić information content (AvgIpc) is 2.42. The number of ether oxygens (including phenoxy) is 1. The van der Waals surface area contributed by atoms with Crippen LogP contribution in [0.25, 0.3) is 0 Å². The van der Waals surface area contributed by atoms with E-state index in [0.717, 1.165) is 0 Å². The molecule has 0 aliphatic carbocycles. The number of benzene rings is 2. The van der Waals surface area contributed by atoms with Crippen LogP contribution in [-0.2, 0) is 11.2 Å². The summed E-state index contributed by atoms with van der Waals surface area (Å²) in [6, 6.07) is 10.0. The van der Waals surface area contributed by atoms with Gasteiger partial charge in [-0.15, -0.1) is 0 Å². The third-order valence-corrected chi connectivity index (χ3v) is 3.58. The van der Waals surface area contributed by atoms with Crippen molar-refractivity contribution >= 4 is 46.4 Å². The molecule has 0 aliphatic heterocycles. The lowest BCUT2D eigenvalue weighted by molar-refractivity contribution is -0.115. The summed E-state index contributed by atoms with van der Waals surface area (Å²) >= 11 is 17.8. The van der Waals surface area contributed by atoms with E-state index in [0.29, 0.717) is 32.1 Å². The van der Waals surface area contributed by atoms with Gasteiger partial charge in [0, 0.05) is 15.6 Å². The van der Waals surface area contributed by atoms with Gasteiger partial charge in [0.05, 0.1) is 24.2 Å². The van der Waals surface area contributed by atoms with Gasteiger partial charge in [-0.2, -0.15) is 0 Å². The molecule has 21 heavy (non-hydrogen) atoms. The molecule has 0 heterocycles. The molecule has 0 spiro atoms. The van der Waals surface area contributed by atoms with Crippen LogP contribution >= 0.6 is 34.8 Å². The predicted molar refractivity (Wildman–Crippen MR) is 86.8 cm³/mol. The zero-order valence-corrected chi connectivity index (χ0v) is 13.4. The molecule has 3 nitrogen and oxygen atoms in total. The van der Waals surface area contributed by atoms with Gasteiger partial charge in [0.2, 0.25) is 5.91 Å². The maximum atomic E-state index is 12.1. The summed E-state index contributed by atoms with van der Waals surface area (Å²) < 4.78 is 5.21. The number of rotatable bonds is 4. The van der Waals surface area contributed by atoms with Crippen LogP contribution in [0, 0.1) is 0 Å². The molecule has 0 saturated heterocycles. The fraction of sp³-hybridized carbons (Fsp3) is 0.133. The highest BCUT2D eigenvalue weighted by Crippen LogP contribution is 2.27. The van der Waals surface area contributed by atoms with Crippen molar-refractivity contribution in [2.24, 2.45) is 0 Å². The Bertz CT molecular complexity index is 674. The number of amides is 1. The lowest BCUT2D eigenvalue weighted by Gasteiger charge is -2.10. The van der Waals surface area contributed by atoms with Crippen LogP contribution in [0.4, 0.5) is 5.69 Å². The number of hydrogen-bond acceptors (Lipinski definition) is 2. The minimum Gasteiger partial charge on any atom is -0.496 e. The van der Waals surface area contributed by atoms with E-state index >= 15 is 0 Å². The minimum atomic E-state index is -0.222. The van der Waals surface area contributed by atoms with E-state index in [1.807, 2.05) is 0 Å². The molecule has 2 rings (SSSR count). The van der Waals surface area contributed by atoms with Crippen LogP contribution in [0.2, 0.25) is 15.1 Å². The molecule has 0 aromatic heterocycles. The summed E-state index contributed by atoms with van der Waals surface area (Å²) in [5, 5.41) is 4.17. The van der Waals surface area contributed by atoms with Gasteiger partial charge in [0.15, 0.2) is 0 Å². The number of carbonyl (C=O) groups excluding carboxylic acids is 1. The molecule has 1 N–H and O–H groups in total. The van der Waals surface area contributed by atoms with Crippen molar-refractivity contribution < 1.29 is 9.53 Å². The normalized spacial score (nSPS) is 10.3. The molecule has 1 amide bonds. The van der Waals surface area contributed by atoms with Gasteiger partial charge in [-0.3, -0.25) is 4.79 Å². The number of halogens is 3. The number of anilines is 1. The van der Waals surface area contributed by atoms with Crippen LogP contribution in [0.1, 0.15) is 5.56 Å². The standard InChI is InChI=1S/C15H12Cl3NO2/c1-21-14-5-3-10(16)6-9(14)7-15(20)19-13-4-2-11(17)8-12(13)18/h2-6,8H,7H2,1H3,(H,19,20). The molecule has 6 heteroatoms. The highest BCUT2D eigenvalue weighted by molar-refractivity contribution is 6.36. The maximum absolute atomic E-state index is 12.1. The minimum absolute atomic E-state index is 0.128. The molecule has 2 aromatic rings. The Morgan fingerprint density at radius 2 is 1.76 bits per heavy atom. The lowest BCUT2D eigenvalue weighted by atomic mass is 10.1. The Labute approximate surface area is 137 Å².